The van der Waals surface area contributed by atoms with Crippen molar-refractivity contribution >= 4 is 21.7 Å². The number of hydrogen-bond donors (Lipinski definition) is 1. The van der Waals surface area contributed by atoms with Crippen molar-refractivity contribution in [1.29, 1.82) is 0 Å². The molecule has 0 aliphatic carbocycles. The first-order valence-corrected chi connectivity index (χ1v) is 9.29. The van der Waals surface area contributed by atoms with Crippen LogP contribution in [0.3, 0.4) is 0 Å². The number of rotatable bonds is 4. The Morgan fingerprint density at radius 2 is 1.96 bits per heavy atom. The molecule has 2 rings (SSSR count). The molecule has 2 heterocycles. The molecule has 1 saturated heterocycles. The standard InChI is InChI=1S/C15H21N3O4S/c1-11-3-4-13(10-16-11)9-14(19)17-12(2)15(20)18-5-7-23(21,22)8-6-18/h3-4,10,12H,5-9H2,1-2H3,(H,17,19). The summed E-state index contributed by atoms with van der Waals surface area (Å²) in [6.07, 6.45) is 1.79. The van der Waals surface area contributed by atoms with Crippen LogP contribution in [0.2, 0.25) is 0 Å². The Morgan fingerprint density at radius 3 is 2.52 bits per heavy atom. The topological polar surface area (TPSA) is 96.4 Å². The van der Waals surface area contributed by atoms with E-state index in [4.69, 9.17) is 0 Å². The van der Waals surface area contributed by atoms with Crippen LogP contribution in [0.25, 0.3) is 0 Å². The van der Waals surface area contributed by atoms with Crippen molar-refractivity contribution in [2.75, 3.05) is 24.6 Å². The van der Waals surface area contributed by atoms with E-state index in [0.29, 0.717) is 0 Å². The number of nitrogens with zero attached hydrogens (tertiary/aromatic N) is 2. The van der Waals surface area contributed by atoms with Crippen LogP contribution in [0.1, 0.15) is 18.2 Å². The molecule has 23 heavy (non-hydrogen) atoms. The van der Waals surface area contributed by atoms with Gasteiger partial charge < -0.3 is 10.2 Å². The summed E-state index contributed by atoms with van der Waals surface area (Å²) in [7, 11) is -3.03. The molecule has 2 amide bonds. The van der Waals surface area contributed by atoms with Gasteiger partial charge in [0.1, 0.15) is 6.04 Å². The van der Waals surface area contributed by atoms with Gasteiger partial charge in [-0.2, -0.15) is 0 Å². The molecule has 1 atom stereocenters. The Morgan fingerprint density at radius 1 is 1.30 bits per heavy atom. The second-order valence-electron chi connectivity index (χ2n) is 5.75. The molecule has 1 aliphatic heterocycles. The van der Waals surface area contributed by atoms with E-state index in [1.165, 1.54) is 4.90 Å². The van der Waals surface area contributed by atoms with E-state index < -0.39 is 15.9 Å². The minimum atomic E-state index is -3.03. The van der Waals surface area contributed by atoms with Gasteiger partial charge in [-0.3, -0.25) is 14.6 Å². The van der Waals surface area contributed by atoms with Crippen LogP contribution in [0.5, 0.6) is 0 Å². The first-order valence-electron chi connectivity index (χ1n) is 7.47. The van der Waals surface area contributed by atoms with E-state index >= 15 is 0 Å². The first kappa shape index (κ1) is 17.4. The zero-order chi connectivity index (χ0) is 17.0. The first-order chi connectivity index (χ1) is 10.8. The van der Waals surface area contributed by atoms with Gasteiger partial charge in [0.05, 0.1) is 17.9 Å². The molecule has 0 spiro atoms. The molecular weight excluding hydrogens is 318 g/mol. The molecule has 7 nitrogen and oxygen atoms in total. The van der Waals surface area contributed by atoms with Crippen LogP contribution in [-0.2, 0) is 25.8 Å². The highest BCUT2D eigenvalue weighted by molar-refractivity contribution is 7.91. The third-order valence-electron chi connectivity index (χ3n) is 3.74. The Balaban J connectivity index is 1.85. The van der Waals surface area contributed by atoms with Crippen LogP contribution in [0.15, 0.2) is 18.3 Å². The summed E-state index contributed by atoms with van der Waals surface area (Å²) in [6, 6.07) is 2.97. The number of carbonyl (C=O) groups excluding carboxylic acids is 2. The van der Waals surface area contributed by atoms with Gasteiger partial charge in [-0.15, -0.1) is 0 Å². The largest absolute Gasteiger partial charge is 0.344 e. The summed E-state index contributed by atoms with van der Waals surface area (Å²) in [5.74, 6) is -0.556. The van der Waals surface area contributed by atoms with Gasteiger partial charge in [0, 0.05) is 25.0 Å². The van der Waals surface area contributed by atoms with Crippen molar-refractivity contribution in [2.24, 2.45) is 0 Å². The normalized spacial score (nSPS) is 18.3. The molecule has 0 aromatic carbocycles. The third-order valence-corrected chi connectivity index (χ3v) is 5.35. The van der Waals surface area contributed by atoms with E-state index in [9.17, 15) is 18.0 Å². The zero-order valence-electron chi connectivity index (χ0n) is 13.3. The molecule has 1 unspecified atom stereocenters. The fraction of sp³-hybridized carbons (Fsp3) is 0.533. The van der Waals surface area contributed by atoms with Crippen molar-refractivity contribution in [2.45, 2.75) is 26.3 Å². The molecule has 1 aromatic heterocycles. The Bertz CT molecular complexity index is 671. The predicted octanol–water partition coefficient (Wildman–Crippen LogP) is -0.306. The quantitative estimate of drug-likeness (QED) is 0.812. The number of aromatic nitrogens is 1. The number of nitrogens with one attached hydrogen (secondary N) is 1. The molecule has 0 radical (unpaired) electrons. The van der Waals surface area contributed by atoms with E-state index in [-0.39, 0.29) is 42.8 Å². The monoisotopic (exact) mass is 339 g/mol. The minimum Gasteiger partial charge on any atom is -0.344 e. The molecular formula is C15H21N3O4S. The fourth-order valence-electron chi connectivity index (χ4n) is 2.35. The average molecular weight is 339 g/mol. The van der Waals surface area contributed by atoms with E-state index in [1.807, 2.05) is 19.1 Å². The Labute approximate surface area is 136 Å². The van der Waals surface area contributed by atoms with Crippen molar-refractivity contribution in [3.05, 3.63) is 29.6 Å². The molecule has 1 aliphatic rings. The van der Waals surface area contributed by atoms with Crippen molar-refractivity contribution in [3.63, 3.8) is 0 Å². The van der Waals surface area contributed by atoms with Crippen LogP contribution in [0.4, 0.5) is 0 Å². The maximum atomic E-state index is 12.2. The predicted molar refractivity (Wildman–Crippen MR) is 85.5 cm³/mol. The highest BCUT2D eigenvalue weighted by Gasteiger charge is 2.28. The molecule has 1 aromatic rings. The molecule has 0 saturated carbocycles. The highest BCUT2D eigenvalue weighted by Crippen LogP contribution is 2.06. The number of aryl methyl sites for hydroxylation is 1. The fourth-order valence-corrected chi connectivity index (χ4v) is 3.55. The number of carbonyl (C=O) groups is 2. The Kier molecular flexibility index (Phi) is 5.35. The number of pyridine rings is 1. The lowest BCUT2D eigenvalue weighted by Gasteiger charge is -2.29. The van der Waals surface area contributed by atoms with E-state index in [2.05, 4.69) is 10.3 Å². The lowest BCUT2D eigenvalue weighted by atomic mass is 10.2. The summed E-state index contributed by atoms with van der Waals surface area (Å²) in [6.45, 7) is 3.84. The summed E-state index contributed by atoms with van der Waals surface area (Å²) in [5.41, 5.74) is 1.65. The number of hydrogen-bond acceptors (Lipinski definition) is 5. The van der Waals surface area contributed by atoms with Gasteiger partial charge in [-0.1, -0.05) is 6.07 Å². The Hall–Kier alpha value is -1.96. The minimum absolute atomic E-state index is 0.0194. The SMILES string of the molecule is Cc1ccc(CC(=O)NC(C)C(=O)N2CCS(=O)(=O)CC2)cn1. The third kappa shape index (κ3) is 5.02. The smallest absolute Gasteiger partial charge is 0.244 e. The van der Waals surface area contributed by atoms with Crippen molar-refractivity contribution < 1.29 is 18.0 Å². The summed E-state index contributed by atoms with van der Waals surface area (Å²) >= 11 is 0. The van der Waals surface area contributed by atoms with Gasteiger partial charge >= 0.3 is 0 Å². The summed E-state index contributed by atoms with van der Waals surface area (Å²) in [5, 5.41) is 2.65. The van der Waals surface area contributed by atoms with E-state index in [0.717, 1.165) is 11.3 Å². The van der Waals surface area contributed by atoms with Crippen molar-refractivity contribution in [1.82, 2.24) is 15.2 Å². The lowest BCUT2D eigenvalue weighted by molar-refractivity contribution is -0.135. The van der Waals surface area contributed by atoms with Crippen LogP contribution >= 0.6 is 0 Å². The average Bonchev–Trinajstić information content (AvgIpc) is 2.49. The van der Waals surface area contributed by atoms with E-state index in [1.54, 1.807) is 13.1 Å². The second-order valence-corrected chi connectivity index (χ2v) is 8.05. The van der Waals surface area contributed by atoms with Crippen LogP contribution < -0.4 is 5.32 Å². The van der Waals surface area contributed by atoms with Crippen LogP contribution in [-0.4, -0.2) is 60.8 Å². The summed E-state index contributed by atoms with van der Waals surface area (Å²) in [4.78, 5) is 29.8. The summed E-state index contributed by atoms with van der Waals surface area (Å²) < 4.78 is 22.8. The van der Waals surface area contributed by atoms with Crippen LogP contribution in [0, 0.1) is 6.92 Å². The maximum absolute atomic E-state index is 12.2. The molecule has 0 bridgehead atoms. The zero-order valence-corrected chi connectivity index (χ0v) is 14.1. The number of sulfone groups is 1. The highest BCUT2D eigenvalue weighted by atomic mass is 32.2. The van der Waals surface area contributed by atoms with Gasteiger partial charge in [-0.05, 0) is 25.5 Å². The van der Waals surface area contributed by atoms with Gasteiger partial charge in [-0.25, -0.2) is 8.42 Å². The van der Waals surface area contributed by atoms with Gasteiger partial charge in [0.25, 0.3) is 0 Å². The second kappa shape index (κ2) is 7.08. The maximum Gasteiger partial charge on any atom is 0.244 e. The number of amides is 2. The van der Waals surface area contributed by atoms with Gasteiger partial charge in [0.15, 0.2) is 9.84 Å². The lowest BCUT2D eigenvalue weighted by Crippen LogP contribution is -2.51. The molecule has 8 heteroatoms. The van der Waals surface area contributed by atoms with Gasteiger partial charge in [0.2, 0.25) is 11.8 Å². The molecule has 1 fully saturated rings. The molecule has 126 valence electrons. The van der Waals surface area contributed by atoms with Crippen molar-refractivity contribution in [3.8, 4) is 0 Å². The molecule has 1 N–H and O–H groups in total.